The van der Waals surface area contributed by atoms with Crippen LogP contribution in [0, 0.1) is 0 Å². The predicted octanol–water partition coefficient (Wildman–Crippen LogP) is 1.14. The first-order chi connectivity index (χ1) is 4.29. The highest BCUT2D eigenvalue weighted by atomic mass is 16.6. The minimum Gasteiger partial charge on any atom is -0.361 e. The Morgan fingerprint density at radius 1 is 1.56 bits per heavy atom. The lowest BCUT2D eigenvalue weighted by molar-refractivity contribution is -0.119. The minimum atomic E-state index is -0.0417. The van der Waals surface area contributed by atoms with E-state index in [9.17, 15) is 4.79 Å². The van der Waals surface area contributed by atoms with E-state index in [-0.39, 0.29) is 18.0 Å². The number of ketones is 1. The highest BCUT2D eigenvalue weighted by Crippen LogP contribution is 2.26. The average molecular weight is 128 g/mol. The molecular formula is C7H12O2. The summed E-state index contributed by atoms with van der Waals surface area (Å²) in [4.78, 5) is 10.8. The Kier molecular flexibility index (Phi) is 1.86. The van der Waals surface area contributed by atoms with E-state index >= 15 is 0 Å². The van der Waals surface area contributed by atoms with E-state index in [1.165, 1.54) is 0 Å². The maximum Gasteiger partial charge on any atom is 0.163 e. The summed E-state index contributed by atoms with van der Waals surface area (Å²) in [5.74, 6) is 0.252. The molecule has 9 heavy (non-hydrogen) atoms. The van der Waals surface area contributed by atoms with Crippen molar-refractivity contribution in [2.75, 3.05) is 0 Å². The summed E-state index contributed by atoms with van der Waals surface area (Å²) in [5.41, 5.74) is 0. The highest BCUT2D eigenvalue weighted by Gasteiger charge is 2.41. The van der Waals surface area contributed by atoms with Crippen LogP contribution in [-0.4, -0.2) is 18.0 Å². The van der Waals surface area contributed by atoms with Crippen molar-refractivity contribution < 1.29 is 9.53 Å². The molecule has 2 nitrogen and oxygen atoms in total. The van der Waals surface area contributed by atoms with Crippen LogP contribution in [0.1, 0.15) is 26.7 Å². The molecule has 1 aliphatic rings. The summed E-state index contributed by atoms with van der Waals surface area (Å²) in [6.07, 6.45) is 1.79. The second-order valence-electron chi connectivity index (χ2n) is 2.32. The van der Waals surface area contributed by atoms with Crippen LogP contribution in [0.25, 0.3) is 0 Å². The normalized spacial score (nSPS) is 32.2. The van der Waals surface area contributed by atoms with Crippen LogP contribution < -0.4 is 0 Å². The van der Waals surface area contributed by atoms with E-state index in [0.29, 0.717) is 6.42 Å². The zero-order valence-corrected chi connectivity index (χ0v) is 5.89. The molecule has 1 saturated heterocycles. The second kappa shape index (κ2) is 2.48. The van der Waals surface area contributed by atoms with Gasteiger partial charge in [0, 0.05) is 6.42 Å². The summed E-state index contributed by atoms with van der Waals surface area (Å²) < 4.78 is 5.07. The summed E-state index contributed by atoms with van der Waals surface area (Å²) >= 11 is 0. The van der Waals surface area contributed by atoms with Crippen molar-refractivity contribution in [2.45, 2.75) is 38.9 Å². The van der Waals surface area contributed by atoms with Crippen molar-refractivity contribution in [3.8, 4) is 0 Å². The zero-order valence-electron chi connectivity index (χ0n) is 5.89. The van der Waals surface area contributed by atoms with E-state index in [2.05, 4.69) is 0 Å². The van der Waals surface area contributed by atoms with Gasteiger partial charge >= 0.3 is 0 Å². The molecule has 1 rings (SSSR count). The first kappa shape index (κ1) is 6.75. The minimum absolute atomic E-state index is 0.0417. The predicted molar refractivity (Wildman–Crippen MR) is 34.2 cm³/mol. The fourth-order valence-electron chi connectivity index (χ4n) is 0.938. The summed E-state index contributed by atoms with van der Waals surface area (Å²) in [6, 6.07) is 0. The number of Topliss-reactive ketones (excluding diaryl/α,β-unsaturated/α-hetero) is 1. The molecular weight excluding hydrogens is 116 g/mol. The number of hydrogen-bond acceptors (Lipinski definition) is 2. The second-order valence-corrected chi connectivity index (χ2v) is 2.32. The number of carbonyl (C=O) groups excluding carboxylic acids is 1. The summed E-state index contributed by atoms with van der Waals surface area (Å²) in [6.45, 7) is 3.91. The Morgan fingerprint density at radius 3 is 2.56 bits per heavy atom. The van der Waals surface area contributed by atoms with Gasteiger partial charge in [-0.15, -0.1) is 0 Å². The maximum atomic E-state index is 10.8. The van der Waals surface area contributed by atoms with Gasteiger partial charge in [0.05, 0.1) is 6.10 Å². The van der Waals surface area contributed by atoms with Crippen LogP contribution in [0.2, 0.25) is 0 Å². The number of ether oxygens (including phenoxy) is 1. The van der Waals surface area contributed by atoms with Gasteiger partial charge in [-0.1, -0.05) is 13.8 Å². The zero-order chi connectivity index (χ0) is 6.85. The molecule has 0 spiro atoms. The van der Waals surface area contributed by atoms with Crippen LogP contribution in [0.15, 0.2) is 0 Å². The molecule has 0 aromatic heterocycles. The van der Waals surface area contributed by atoms with E-state index in [0.717, 1.165) is 6.42 Å². The SMILES string of the molecule is CCC(=O)C1OC1CC. The highest BCUT2D eigenvalue weighted by molar-refractivity contribution is 5.85. The fraction of sp³-hybridized carbons (Fsp3) is 0.857. The van der Waals surface area contributed by atoms with Gasteiger partial charge in [0.15, 0.2) is 5.78 Å². The topological polar surface area (TPSA) is 29.6 Å². The molecule has 1 aliphatic heterocycles. The molecule has 2 atom stereocenters. The molecule has 2 heteroatoms. The Morgan fingerprint density at radius 2 is 2.22 bits per heavy atom. The lowest BCUT2D eigenvalue weighted by Crippen LogP contribution is -2.06. The third-order valence-corrected chi connectivity index (χ3v) is 1.65. The van der Waals surface area contributed by atoms with Crippen molar-refractivity contribution in [2.24, 2.45) is 0 Å². The van der Waals surface area contributed by atoms with Crippen LogP contribution in [0.5, 0.6) is 0 Å². The molecule has 1 heterocycles. The number of hydrogen-bond donors (Lipinski definition) is 0. The quantitative estimate of drug-likeness (QED) is 0.533. The summed E-state index contributed by atoms with van der Waals surface area (Å²) in [7, 11) is 0. The van der Waals surface area contributed by atoms with E-state index in [1.54, 1.807) is 0 Å². The molecule has 0 aliphatic carbocycles. The Hall–Kier alpha value is -0.370. The fourth-order valence-corrected chi connectivity index (χ4v) is 0.938. The molecule has 0 amide bonds. The van der Waals surface area contributed by atoms with Gasteiger partial charge in [0.1, 0.15) is 6.10 Å². The molecule has 1 fully saturated rings. The van der Waals surface area contributed by atoms with Gasteiger partial charge in [-0.25, -0.2) is 0 Å². The smallest absolute Gasteiger partial charge is 0.163 e. The first-order valence-corrected chi connectivity index (χ1v) is 3.47. The van der Waals surface area contributed by atoms with Gasteiger partial charge in [0.2, 0.25) is 0 Å². The van der Waals surface area contributed by atoms with Crippen LogP contribution in [0.3, 0.4) is 0 Å². The monoisotopic (exact) mass is 128 g/mol. The Balaban J connectivity index is 2.25. The molecule has 52 valence electrons. The Labute approximate surface area is 55.2 Å². The first-order valence-electron chi connectivity index (χ1n) is 3.47. The lowest BCUT2D eigenvalue weighted by atomic mass is 10.1. The van der Waals surface area contributed by atoms with E-state index in [4.69, 9.17) is 4.74 Å². The van der Waals surface area contributed by atoms with Crippen LogP contribution >= 0.6 is 0 Å². The number of rotatable bonds is 3. The largest absolute Gasteiger partial charge is 0.361 e. The van der Waals surface area contributed by atoms with Crippen molar-refractivity contribution in [1.82, 2.24) is 0 Å². The third kappa shape index (κ3) is 1.30. The van der Waals surface area contributed by atoms with Gasteiger partial charge in [0.25, 0.3) is 0 Å². The molecule has 2 unspecified atom stereocenters. The average Bonchev–Trinajstić information content (AvgIpc) is 2.64. The molecule has 0 aromatic rings. The van der Waals surface area contributed by atoms with Gasteiger partial charge in [-0.3, -0.25) is 4.79 Å². The molecule has 0 saturated carbocycles. The molecule has 0 N–H and O–H groups in total. The van der Waals surface area contributed by atoms with Gasteiger partial charge in [-0.05, 0) is 6.42 Å². The van der Waals surface area contributed by atoms with Gasteiger partial charge in [-0.2, -0.15) is 0 Å². The molecule has 0 aromatic carbocycles. The molecule has 0 bridgehead atoms. The van der Waals surface area contributed by atoms with Gasteiger partial charge < -0.3 is 4.74 Å². The van der Waals surface area contributed by atoms with E-state index in [1.807, 2.05) is 13.8 Å². The van der Waals surface area contributed by atoms with Crippen LogP contribution in [-0.2, 0) is 9.53 Å². The third-order valence-electron chi connectivity index (χ3n) is 1.65. The van der Waals surface area contributed by atoms with Crippen molar-refractivity contribution in [3.63, 3.8) is 0 Å². The number of epoxide rings is 1. The maximum absolute atomic E-state index is 10.8. The van der Waals surface area contributed by atoms with Crippen LogP contribution in [0.4, 0.5) is 0 Å². The number of carbonyl (C=O) groups is 1. The van der Waals surface area contributed by atoms with Crippen molar-refractivity contribution in [3.05, 3.63) is 0 Å². The van der Waals surface area contributed by atoms with Crippen molar-refractivity contribution >= 4 is 5.78 Å². The molecule has 0 radical (unpaired) electrons. The summed E-state index contributed by atoms with van der Waals surface area (Å²) in [5, 5.41) is 0. The Bertz CT molecular complexity index is 120. The standard InChI is InChI=1S/C7H12O2/c1-3-5(8)7-6(4-2)9-7/h6-7H,3-4H2,1-2H3. The lowest BCUT2D eigenvalue weighted by Gasteiger charge is -1.85. The van der Waals surface area contributed by atoms with E-state index < -0.39 is 0 Å². The van der Waals surface area contributed by atoms with Crippen molar-refractivity contribution in [1.29, 1.82) is 0 Å².